The van der Waals surface area contributed by atoms with Crippen molar-refractivity contribution in [3.63, 3.8) is 0 Å². The van der Waals surface area contributed by atoms with Gasteiger partial charge in [0.25, 0.3) is 5.95 Å². The Bertz CT molecular complexity index is 623. The van der Waals surface area contributed by atoms with E-state index in [1.807, 2.05) is 0 Å². The van der Waals surface area contributed by atoms with Crippen LogP contribution in [0.4, 0.5) is 15.5 Å². The van der Waals surface area contributed by atoms with Crippen molar-refractivity contribution in [2.24, 2.45) is 0 Å². The van der Waals surface area contributed by atoms with E-state index in [9.17, 15) is 9.59 Å². The van der Waals surface area contributed by atoms with Gasteiger partial charge in [-0.25, -0.2) is 9.59 Å². The summed E-state index contributed by atoms with van der Waals surface area (Å²) in [4.78, 5) is 34.1. The quantitative estimate of drug-likeness (QED) is 0.798. The van der Waals surface area contributed by atoms with Gasteiger partial charge in [0.15, 0.2) is 0 Å². The molecule has 146 valence electrons. The molecule has 1 heterocycles. The summed E-state index contributed by atoms with van der Waals surface area (Å²) >= 11 is 0. The van der Waals surface area contributed by atoms with Crippen LogP contribution >= 0.6 is 0 Å². The maximum Gasteiger partial charge on any atom is 0.427 e. The third kappa shape index (κ3) is 5.75. The summed E-state index contributed by atoms with van der Waals surface area (Å²) in [7, 11) is 2.81. The molecule has 0 unspecified atom stereocenters. The van der Waals surface area contributed by atoms with E-state index in [4.69, 9.17) is 18.9 Å². The second-order valence-corrected chi connectivity index (χ2v) is 7.46. The first kappa shape index (κ1) is 21.5. The van der Waals surface area contributed by atoms with Crippen molar-refractivity contribution in [1.82, 2.24) is 9.97 Å². The number of hydrogen-bond acceptors (Lipinski definition) is 8. The van der Waals surface area contributed by atoms with Crippen molar-refractivity contribution in [1.29, 1.82) is 0 Å². The molecule has 0 aliphatic carbocycles. The fourth-order valence-corrected chi connectivity index (χ4v) is 1.82. The number of imide groups is 1. The molecular formula is C17H27N3O6. The molecule has 9 nitrogen and oxygen atoms in total. The van der Waals surface area contributed by atoms with Crippen LogP contribution in [0.1, 0.15) is 47.1 Å². The number of aromatic nitrogens is 2. The van der Waals surface area contributed by atoms with E-state index in [0.29, 0.717) is 10.5 Å². The molecular weight excluding hydrogens is 342 g/mol. The number of amides is 2. The van der Waals surface area contributed by atoms with Crippen molar-refractivity contribution in [3.05, 3.63) is 5.56 Å². The number of methoxy groups -OCH3 is 2. The maximum absolute atomic E-state index is 12.6. The average molecular weight is 369 g/mol. The molecule has 0 spiro atoms. The molecule has 1 aromatic heterocycles. The van der Waals surface area contributed by atoms with Crippen LogP contribution in [0, 0.1) is 6.92 Å². The van der Waals surface area contributed by atoms with Crippen molar-refractivity contribution >= 4 is 18.1 Å². The van der Waals surface area contributed by atoms with E-state index in [-0.39, 0.29) is 17.7 Å². The highest BCUT2D eigenvalue weighted by Gasteiger charge is 2.35. The lowest BCUT2D eigenvalue weighted by atomic mass is 10.2. The number of carbonyl (C=O) groups excluding carboxylic acids is 2. The van der Waals surface area contributed by atoms with Gasteiger partial charge < -0.3 is 18.9 Å². The molecule has 0 saturated carbocycles. The minimum Gasteiger partial charge on any atom is -0.481 e. The van der Waals surface area contributed by atoms with E-state index >= 15 is 0 Å². The SMILES string of the molecule is COc1nc(N(C(=O)OC(C)(C)C)C(=O)OC(C)(C)C)nc(OC)c1C. The van der Waals surface area contributed by atoms with Crippen LogP contribution in [0.3, 0.4) is 0 Å². The van der Waals surface area contributed by atoms with Gasteiger partial charge in [0.2, 0.25) is 11.8 Å². The molecule has 0 saturated heterocycles. The Balaban J connectivity index is 3.45. The van der Waals surface area contributed by atoms with E-state index in [0.717, 1.165) is 0 Å². The molecule has 2 amide bonds. The topological polar surface area (TPSA) is 100 Å². The van der Waals surface area contributed by atoms with E-state index < -0.39 is 23.4 Å². The van der Waals surface area contributed by atoms with Crippen molar-refractivity contribution in [3.8, 4) is 11.8 Å². The van der Waals surface area contributed by atoms with Gasteiger partial charge in [-0.1, -0.05) is 0 Å². The molecule has 0 aromatic carbocycles. The Morgan fingerprint density at radius 1 is 0.808 bits per heavy atom. The molecule has 26 heavy (non-hydrogen) atoms. The minimum absolute atomic E-state index is 0.156. The molecule has 0 radical (unpaired) electrons. The second-order valence-electron chi connectivity index (χ2n) is 7.46. The van der Waals surface area contributed by atoms with E-state index in [1.54, 1.807) is 48.5 Å². The minimum atomic E-state index is -0.972. The van der Waals surface area contributed by atoms with Crippen molar-refractivity contribution in [2.75, 3.05) is 19.1 Å². The zero-order valence-corrected chi connectivity index (χ0v) is 16.8. The first-order chi connectivity index (χ1) is 11.8. The normalized spacial score (nSPS) is 11.6. The molecule has 1 rings (SSSR count). The van der Waals surface area contributed by atoms with Crippen molar-refractivity contribution < 1.29 is 28.5 Å². The zero-order chi connectivity index (χ0) is 20.3. The van der Waals surface area contributed by atoms with E-state index in [1.165, 1.54) is 14.2 Å². The van der Waals surface area contributed by atoms with Gasteiger partial charge in [0, 0.05) is 0 Å². The lowest BCUT2D eigenvalue weighted by Crippen LogP contribution is -2.44. The predicted molar refractivity (Wildman–Crippen MR) is 94.8 cm³/mol. The Hall–Kier alpha value is -2.58. The standard InChI is InChI=1S/C17H27N3O6/c1-10-11(23-8)18-13(19-12(10)24-9)20(14(21)25-16(2,3)4)15(22)26-17(5,6)7/h1-9H3. The van der Waals surface area contributed by atoms with Crippen LogP contribution in [-0.2, 0) is 9.47 Å². The molecule has 9 heteroatoms. The molecule has 0 fully saturated rings. The first-order valence-corrected chi connectivity index (χ1v) is 8.01. The summed E-state index contributed by atoms with van der Waals surface area (Å²) < 4.78 is 20.9. The summed E-state index contributed by atoms with van der Waals surface area (Å²) in [6, 6.07) is 0. The fourth-order valence-electron chi connectivity index (χ4n) is 1.82. The number of carbonyl (C=O) groups is 2. The highest BCUT2D eigenvalue weighted by molar-refractivity contribution is 6.08. The van der Waals surface area contributed by atoms with Gasteiger partial charge in [-0.15, -0.1) is 4.90 Å². The predicted octanol–water partition coefficient (Wildman–Crippen LogP) is 3.48. The summed E-state index contributed by atoms with van der Waals surface area (Å²) in [5.41, 5.74) is -1.15. The number of ether oxygens (including phenoxy) is 4. The van der Waals surface area contributed by atoms with Crippen LogP contribution in [0.5, 0.6) is 11.8 Å². The lowest BCUT2D eigenvalue weighted by Gasteiger charge is -2.27. The third-order valence-electron chi connectivity index (χ3n) is 2.78. The van der Waals surface area contributed by atoms with Gasteiger partial charge in [-0.3, -0.25) is 0 Å². The van der Waals surface area contributed by atoms with Crippen LogP contribution < -0.4 is 14.4 Å². The monoisotopic (exact) mass is 369 g/mol. The molecule has 1 aromatic rings. The van der Waals surface area contributed by atoms with Crippen LogP contribution in [0.25, 0.3) is 0 Å². The number of hydrogen-bond donors (Lipinski definition) is 0. The summed E-state index contributed by atoms with van der Waals surface area (Å²) in [6.45, 7) is 11.7. The fraction of sp³-hybridized carbons (Fsp3) is 0.647. The lowest BCUT2D eigenvalue weighted by molar-refractivity contribution is 0.0427. The number of nitrogens with zero attached hydrogens (tertiary/aromatic N) is 3. The van der Waals surface area contributed by atoms with E-state index in [2.05, 4.69) is 9.97 Å². The molecule has 0 atom stereocenters. The Labute approximate surface area is 153 Å². The van der Waals surface area contributed by atoms with Gasteiger partial charge in [0.1, 0.15) is 11.2 Å². The number of anilines is 1. The molecule has 0 N–H and O–H groups in total. The van der Waals surface area contributed by atoms with Crippen molar-refractivity contribution in [2.45, 2.75) is 59.7 Å². The van der Waals surface area contributed by atoms with Crippen LogP contribution in [0.15, 0.2) is 0 Å². The molecule has 0 bridgehead atoms. The van der Waals surface area contributed by atoms with Crippen LogP contribution in [-0.4, -0.2) is 47.6 Å². The van der Waals surface area contributed by atoms with Gasteiger partial charge in [-0.2, -0.15) is 9.97 Å². The Morgan fingerprint density at radius 2 is 1.15 bits per heavy atom. The second kappa shape index (κ2) is 7.76. The third-order valence-corrected chi connectivity index (χ3v) is 2.78. The number of rotatable bonds is 3. The zero-order valence-electron chi connectivity index (χ0n) is 16.8. The van der Waals surface area contributed by atoms with Gasteiger partial charge in [0.05, 0.1) is 19.8 Å². The largest absolute Gasteiger partial charge is 0.481 e. The Morgan fingerprint density at radius 3 is 1.42 bits per heavy atom. The molecule has 0 aliphatic heterocycles. The van der Waals surface area contributed by atoms with Crippen LogP contribution in [0.2, 0.25) is 0 Å². The smallest absolute Gasteiger partial charge is 0.427 e. The first-order valence-electron chi connectivity index (χ1n) is 8.01. The average Bonchev–Trinajstić information content (AvgIpc) is 2.44. The maximum atomic E-state index is 12.6. The molecule has 0 aliphatic rings. The summed E-state index contributed by atoms with van der Waals surface area (Å²) in [6.07, 6.45) is -1.94. The van der Waals surface area contributed by atoms with Gasteiger partial charge in [-0.05, 0) is 48.5 Å². The summed E-state index contributed by atoms with van der Waals surface area (Å²) in [5.74, 6) is 0.0423. The van der Waals surface area contributed by atoms with Gasteiger partial charge >= 0.3 is 12.2 Å². The highest BCUT2D eigenvalue weighted by Crippen LogP contribution is 2.28. The highest BCUT2D eigenvalue weighted by atomic mass is 16.6. The summed E-state index contributed by atoms with van der Waals surface area (Å²) in [5, 5.41) is 0. The Kier molecular flexibility index (Phi) is 6.40.